The summed E-state index contributed by atoms with van der Waals surface area (Å²) in [5.74, 6) is 1.99. The van der Waals surface area contributed by atoms with E-state index in [4.69, 9.17) is 9.47 Å². The number of hydrogen-bond acceptors (Lipinski definition) is 4. The monoisotopic (exact) mass is 325 g/mol. The highest BCUT2D eigenvalue weighted by atomic mass is 32.2. The average molecular weight is 325 g/mol. The maximum Gasteiger partial charge on any atom is 0.240 e. The van der Waals surface area contributed by atoms with E-state index in [1.165, 1.54) is 6.42 Å². The van der Waals surface area contributed by atoms with Gasteiger partial charge in [-0.3, -0.25) is 0 Å². The molecule has 0 saturated heterocycles. The maximum absolute atomic E-state index is 12.6. The molecular formula is C16H23NO4S. The minimum absolute atomic E-state index is 0.00181. The van der Waals surface area contributed by atoms with Gasteiger partial charge < -0.3 is 9.47 Å². The van der Waals surface area contributed by atoms with Crippen molar-refractivity contribution in [3.8, 4) is 11.5 Å². The van der Waals surface area contributed by atoms with Gasteiger partial charge >= 0.3 is 0 Å². The Morgan fingerprint density at radius 1 is 1.09 bits per heavy atom. The Bertz CT molecular complexity index is 644. The van der Waals surface area contributed by atoms with Crippen LogP contribution in [0.25, 0.3) is 0 Å². The van der Waals surface area contributed by atoms with Gasteiger partial charge in [0.05, 0.1) is 4.90 Å². The van der Waals surface area contributed by atoms with E-state index < -0.39 is 10.0 Å². The van der Waals surface area contributed by atoms with E-state index in [0.29, 0.717) is 36.5 Å². The second kappa shape index (κ2) is 6.08. The highest BCUT2D eigenvalue weighted by molar-refractivity contribution is 7.89. The third kappa shape index (κ3) is 3.08. The van der Waals surface area contributed by atoms with Gasteiger partial charge in [0.2, 0.25) is 10.0 Å². The molecular weight excluding hydrogens is 302 g/mol. The summed E-state index contributed by atoms with van der Waals surface area (Å²) in [6, 6.07) is 4.79. The Morgan fingerprint density at radius 2 is 1.82 bits per heavy atom. The van der Waals surface area contributed by atoms with E-state index in [-0.39, 0.29) is 10.9 Å². The van der Waals surface area contributed by atoms with Crippen molar-refractivity contribution in [2.45, 2.75) is 44.0 Å². The number of hydrogen-bond donors (Lipinski definition) is 1. The fourth-order valence-corrected chi connectivity index (χ4v) is 4.58. The molecule has 22 heavy (non-hydrogen) atoms. The predicted molar refractivity (Wildman–Crippen MR) is 83.7 cm³/mol. The van der Waals surface area contributed by atoms with Crippen LogP contribution >= 0.6 is 0 Å². The molecule has 1 aromatic rings. The Labute approximate surface area is 132 Å². The van der Waals surface area contributed by atoms with Gasteiger partial charge in [0.1, 0.15) is 13.2 Å². The molecule has 2 aliphatic rings. The molecule has 0 unspecified atom stereocenters. The lowest BCUT2D eigenvalue weighted by Gasteiger charge is -2.34. The fourth-order valence-electron chi connectivity index (χ4n) is 3.21. The second-order valence-corrected chi connectivity index (χ2v) is 8.01. The van der Waals surface area contributed by atoms with Gasteiger partial charge in [-0.25, -0.2) is 13.1 Å². The van der Waals surface area contributed by atoms with Gasteiger partial charge in [-0.2, -0.15) is 0 Å². The van der Waals surface area contributed by atoms with E-state index >= 15 is 0 Å². The standard InChI is InChI=1S/C16H23NO4S/c1-11-4-3-5-14(12(11)2)17-22(18,19)13-6-7-15-16(10-13)21-9-8-20-15/h6-7,10-12,14,17H,3-5,8-9H2,1-2H3/t11-,12+,14-/m1/s1. The first-order valence-corrected chi connectivity index (χ1v) is 9.37. The molecule has 1 aliphatic heterocycles. The number of sulfonamides is 1. The summed E-state index contributed by atoms with van der Waals surface area (Å²) >= 11 is 0. The van der Waals surface area contributed by atoms with Gasteiger partial charge in [-0.1, -0.05) is 26.7 Å². The van der Waals surface area contributed by atoms with Crippen LogP contribution in [0.3, 0.4) is 0 Å². The van der Waals surface area contributed by atoms with E-state index in [2.05, 4.69) is 18.6 Å². The Morgan fingerprint density at radius 3 is 2.59 bits per heavy atom. The molecule has 1 N–H and O–H groups in total. The van der Waals surface area contributed by atoms with Crippen molar-refractivity contribution in [2.24, 2.45) is 11.8 Å². The number of benzene rings is 1. The van der Waals surface area contributed by atoms with Crippen molar-refractivity contribution in [1.29, 1.82) is 0 Å². The van der Waals surface area contributed by atoms with Crippen LogP contribution in [0.15, 0.2) is 23.1 Å². The van der Waals surface area contributed by atoms with Gasteiger partial charge in [0.25, 0.3) is 0 Å². The quantitative estimate of drug-likeness (QED) is 0.927. The Hall–Kier alpha value is -1.27. The molecule has 0 radical (unpaired) electrons. The van der Waals surface area contributed by atoms with Crippen LogP contribution in [-0.4, -0.2) is 27.7 Å². The highest BCUT2D eigenvalue weighted by Crippen LogP contribution is 2.34. The SMILES string of the molecule is C[C@H]1[C@H](C)CCC[C@H]1NS(=O)(=O)c1ccc2c(c1)OCCO2. The lowest BCUT2D eigenvalue weighted by Crippen LogP contribution is -2.43. The molecule has 1 heterocycles. The largest absolute Gasteiger partial charge is 0.486 e. The molecule has 0 aromatic heterocycles. The van der Waals surface area contributed by atoms with Crippen LogP contribution in [0.1, 0.15) is 33.1 Å². The molecule has 6 heteroatoms. The van der Waals surface area contributed by atoms with E-state index in [0.717, 1.165) is 12.8 Å². The molecule has 0 amide bonds. The van der Waals surface area contributed by atoms with E-state index in [1.807, 2.05) is 0 Å². The number of nitrogens with one attached hydrogen (secondary N) is 1. The molecule has 0 bridgehead atoms. The van der Waals surface area contributed by atoms with Crippen molar-refractivity contribution in [3.63, 3.8) is 0 Å². The fraction of sp³-hybridized carbons (Fsp3) is 0.625. The second-order valence-electron chi connectivity index (χ2n) is 6.30. The first-order valence-electron chi connectivity index (χ1n) is 7.89. The molecule has 1 aromatic carbocycles. The molecule has 1 fully saturated rings. The summed E-state index contributed by atoms with van der Waals surface area (Å²) in [4.78, 5) is 0.238. The lowest BCUT2D eigenvalue weighted by molar-refractivity contribution is 0.171. The topological polar surface area (TPSA) is 64.6 Å². The van der Waals surface area contributed by atoms with Crippen LogP contribution in [0.5, 0.6) is 11.5 Å². The maximum atomic E-state index is 12.6. The Kier molecular flexibility index (Phi) is 4.32. The number of ether oxygens (including phenoxy) is 2. The molecule has 3 rings (SSSR count). The van der Waals surface area contributed by atoms with Crippen LogP contribution < -0.4 is 14.2 Å². The van der Waals surface area contributed by atoms with Crippen molar-refractivity contribution < 1.29 is 17.9 Å². The van der Waals surface area contributed by atoms with Gasteiger partial charge in [-0.15, -0.1) is 0 Å². The number of rotatable bonds is 3. The first kappa shape index (κ1) is 15.6. The summed E-state index contributed by atoms with van der Waals surface area (Å²) in [7, 11) is -3.54. The van der Waals surface area contributed by atoms with Crippen LogP contribution in [0, 0.1) is 11.8 Å². The van der Waals surface area contributed by atoms with Crippen LogP contribution in [0.4, 0.5) is 0 Å². The zero-order valence-electron chi connectivity index (χ0n) is 13.0. The molecule has 0 spiro atoms. The first-order chi connectivity index (χ1) is 10.5. The highest BCUT2D eigenvalue weighted by Gasteiger charge is 2.31. The van der Waals surface area contributed by atoms with Gasteiger partial charge in [-0.05, 0) is 30.4 Å². The smallest absolute Gasteiger partial charge is 0.240 e. The molecule has 3 atom stereocenters. The number of fused-ring (bicyclic) bond motifs is 1. The lowest BCUT2D eigenvalue weighted by atomic mass is 9.78. The Balaban J connectivity index is 1.80. The normalized spacial score (nSPS) is 28.4. The van der Waals surface area contributed by atoms with E-state index in [9.17, 15) is 8.42 Å². The predicted octanol–water partition coefficient (Wildman–Crippen LogP) is 2.56. The minimum atomic E-state index is -3.54. The molecule has 5 nitrogen and oxygen atoms in total. The molecule has 1 aliphatic carbocycles. The van der Waals surface area contributed by atoms with Crippen molar-refractivity contribution >= 4 is 10.0 Å². The third-order valence-corrected chi connectivity index (χ3v) is 6.32. The van der Waals surface area contributed by atoms with Crippen LogP contribution in [-0.2, 0) is 10.0 Å². The van der Waals surface area contributed by atoms with Gasteiger partial charge in [0.15, 0.2) is 11.5 Å². The summed E-state index contributed by atoms with van der Waals surface area (Å²) in [5, 5.41) is 0. The van der Waals surface area contributed by atoms with Crippen molar-refractivity contribution in [1.82, 2.24) is 4.72 Å². The zero-order valence-corrected chi connectivity index (χ0v) is 13.9. The average Bonchev–Trinajstić information content (AvgIpc) is 2.51. The molecule has 1 saturated carbocycles. The zero-order chi connectivity index (χ0) is 15.7. The van der Waals surface area contributed by atoms with Crippen molar-refractivity contribution in [3.05, 3.63) is 18.2 Å². The molecule has 122 valence electrons. The van der Waals surface area contributed by atoms with Crippen LogP contribution in [0.2, 0.25) is 0 Å². The summed E-state index contributed by atoms with van der Waals surface area (Å²) in [5.41, 5.74) is 0. The third-order valence-electron chi connectivity index (χ3n) is 4.84. The van der Waals surface area contributed by atoms with E-state index in [1.54, 1.807) is 18.2 Å². The summed E-state index contributed by atoms with van der Waals surface area (Å²) in [6.45, 7) is 5.26. The minimum Gasteiger partial charge on any atom is -0.486 e. The summed E-state index contributed by atoms with van der Waals surface area (Å²) in [6.07, 6.45) is 3.14. The van der Waals surface area contributed by atoms with Gasteiger partial charge in [0, 0.05) is 12.1 Å². The van der Waals surface area contributed by atoms with Crippen molar-refractivity contribution in [2.75, 3.05) is 13.2 Å². The summed E-state index contributed by atoms with van der Waals surface area (Å²) < 4.78 is 39.0.